The molecule has 9 heteroatoms. The summed E-state index contributed by atoms with van der Waals surface area (Å²) in [6, 6.07) is 4.86. The van der Waals surface area contributed by atoms with Crippen LogP contribution in [0.1, 0.15) is 69.8 Å². The number of ether oxygens (including phenoxy) is 1. The normalized spacial score (nSPS) is 27.4. The first-order valence-corrected chi connectivity index (χ1v) is 12.2. The zero-order chi connectivity index (χ0) is 22.8. The largest absolute Gasteiger partial charge is 0.497 e. The van der Waals surface area contributed by atoms with E-state index in [2.05, 4.69) is 5.32 Å². The van der Waals surface area contributed by atoms with Crippen LogP contribution in [-0.2, 0) is 4.87 Å². The quantitative estimate of drug-likeness (QED) is 0.572. The summed E-state index contributed by atoms with van der Waals surface area (Å²) in [7, 11) is 1.46. The van der Waals surface area contributed by atoms with E-state index in [-0.39, 0.29) is 22.8 Å². The second-order valence-electron chi connectivity index (χ2n) is 8.81. The Bertz CT molecular complexity index is 834. The highest BCUT2D eigenvalue weighted by Crippen LogP contribution is 2.51. The smallest absolute Gasteiger partial charge is 0.425 e. The lowest BCUT2D eigenvalue weighted by Gasteiger charge is -2.46. The maximum absolute atomic E-state index is 14.6. The maximum atomic E-state index is 14.6. The van der Waals surface area contributed by atoms with Gasteiger partial charge in [0, 0.05) is 6.04 Å². The molecule has 176 valence electrons. The molecule has 32 heavy (non-hydrogen) atoms. The predicted molar refractivity (Wildman–Crippen MR) is 120 cm³/mol. The minimum Gasteiger partial charge on any atom is -0.497 e. The summed E-state index contributed by atoms with van der Waals surface area (Å²) in [5, 5.41) is 2.55. The third kappa shape index (κ3) is 4.58. The predicted octanol–water partition coefficient (Wildman–Crippen LogP) is 6.19. The van der Waals surface area contributed by atoms with E-state index in [1.54, 1.807) is 0 Å². The molecule has 1 aromatic rings. The van der Waals surface area contributed by atoms with Gasteiger partial charge < -0.3 is 10.1 Å². The van der Waals surface area contributed by atoms with Crippen LogP contribution in [0.25, 0.3) is 0 Å². The SMILES string of the molecule is COc1ccc([C@]2(C(F)(F)F)NC(=O)N(C3CCCCC3)C(=NC3CCCCC3)S2)cc1. The number of amides is 2. The summed E-state index contributed by atoms with van der Waals surface area (Å²) in [6.45, 7) is 0. The number of halogens is 3. The Labute approximate surface area is 191 Å². The molecule has 1 N–H and O–H groups in total. The maximum Gasteiger partial charge on any atom is 0.425 e. The summed E-state index contributed by atoms with van der Waals surface area (Å²) < 4.78 is 49.0. The van der Waals surface area contributed by atoms with Gasteiger partial charge >= 0.3 is 12.2 Å². The van der Waals surface area contributed by atoms with Crippen molar-refractivity contribution in [2.45, 2.75) is 87.3 Å². The van der Waals surface area contributed by atoms with Gasteiger partial charge in [0.2, 0.25) is 4.87 Å². The van der Waals surface area contributed by atoms with E-state index in [0.29, 0.717) is 17.5 Å². The Morgan fingerprint density at radius 2 is 1.62 bits per heavy atom. The first-order chi connectivity index (χ1) is 15.3. The number of rotatable bonds is 4. The van der Waals surface area contributed by atoms with Crippen molar-refractivity contribution in [2.24, 2.45) is 4.99 Å². The number of carbonyl (C=O) groups excluding carboxylic acids is 1. The summed E-state index contributed by atoms with van der Waals surface area (Å²) in [6.07, 6.45) is 4.77. The topological polar surface area (TPSA) is 53.9 Å². The van der Waals surface area contributed by atoms with E-state index in [1.165, 1.54) is 36.3 Å². The molecule has 1 aromatic carbocycles. The van der Waals surface area contributed by atoms with Crippen molar-refractivity contribution >= 4 is 23.0 Å². The fourth-order valence-corrected chi connectivity index (χ4v) is 6.19. The number of thioether (sulfide) groups is 1. The monoisotopic (exact) mass is 469 g/mol. The zero-order valence-electron chi connectivity index (χ0n) is 18.3. The van der Waals surface area contributed by atoms with Crippen molar-refractivity contribution in [1.82, 2.24) is 10.2 Å². The number of nitrogens with one attached hydrogen (secondary N) is 1. The highest BCUT2D eigenvalue weighted by molar-refractivity contribution is 8.14. The Hall–Kier alpha value is -1.90. The van der Waals surface area contributed by atoms with E-state index >= 15 is 0 Å². The molecule has 0 bridgehead atoms. The molecule has 2 aliphatic carbocycles. The molecule has 1 saturated heterocycles. The number of nitrogens with zero attached hydrogens (tertiary/aromatic N) is 2. The van der Waals surface area contributed by atoms with Gasteiger partial charge in [0.25, 0.3) is 0 Å². The van der Waals surface area contributed by atoms with Crippen LogP contribution in [0.3, 0.4) is 0 Å². The molecule has 2 saturated carbocycles. The Morgan fingerprint density at radius 3 is 2.19 bits per heavy atom. The molecule has 0 unspecified atom stereocenters. The molecular weight excluding hydrogens is 439 g/mol. The minimum atomic E-state index is -4.71. The molecule has 0 spiro atoms. The zero-order valence-corrected chi connectivity index (χ0v) is 19.1. The van der Waals surface area contributed by atoms with Crippen LogP contribution < -0.4 is 10.1 Å². The molecule has 1 aliphatic heterocycles. The molecule has 1 atom stereocenters. The highest BCUT2D eigenvalue weighted by Gasteiger charge is 2.62. The highest BCUT2D eigenvalue weighted by atomic mass is 32.2. The number of methoxy groups -OCH3 is 1. The standard InChI is InChI=1S/C23H30F3N3O2S/c1-31-19-14-12-16(13-15-19)22(23(24,25)26)28-20(30)29(18-10-6-3-7-11-18)21(32-22)27-17-8-4-2-5-9-17/h12-15,17-18H,2-11H2,1H3,(H,28,30)/t22-/m0/s1. The number of alkyl halides is 3. The van der Waals surface area contributed by atoms with E-state index in [1.807, 2.05) is 0 Å². The van der Waals surface area contributed by atoms with E-state index in [0.717, 1.165) is 64.2 Å². The van der Waals surface area contributed by atoms with E-state index in [9.17, 15) is 18.0 Å². The number of urea groups is 1. The first kappa shape index (κ1) is 23.3. The van der Waals surface area contributed by atoms with E-state index in [4.69, 9.17) is 9.73 Å². The van der Waals surface area contributed by atoms with Crippen LogP contribution in [-0.4, -0.2) is 41.5 Å². The Balaban J connectivity index is 1.75. The van der Waals surface area contributed by atoms with Gasteiger partial charge in [-0.3, -0.25) is 9.89 Å². The lowest BCUT2D eigenvalue weighted by atomic mass is 9.94. The molecule has 3 fully saturated rings. The van der Waals surface area contributed by atoms with Gasteiger partial charge in [-0.25, -0.2) is 4.79 Å². The second-order valence-corrected chi connectivity index (χ2v) is 9.99. The summed E-state index contributed by atoms with van der Waals surface area (Å²) >= 11 is 0.630. The number of hydrogen-bond donors (Lipinski definition) is 1. The summed E-state index contributed by atoms with van der Waals surface area (Å²) in [4.78, 5) is 17.0. The van der Waals surface area contributed by atoms with Crippen LogP contribution >= 0.6 is 11.8 Å². The molecule has 3 aliphatic rings. The fraction of sp³-hybridized carbons (Fsp3) is 0.652. The molecule has 0 aromatic heterocycles. The number of hydrogen-bond acceptors (Lipinski definition) is 4. The summed E-state index contributed by atoms with van der Waals surface area (Å²) in [5.74, 6) is 0.457. The summed E-state index contributed by atoms with van der Waals surface area (Å²) in [5.41, 5.74) is -0.0382. The van der Waals surface area contributed by atoms with Crippen molar-refractivity contribution in [3.05, 3.63) is 29.8 Å². The van der Waals surface area contributed by atoms with Crippen LogP contribution in [0.5, 0.6) is 5.75 Å². The average Bonchev–Trinajstić information content (AvgIpc) is 2.79. The van der Waals surface area contributed by atoms with Crippen molar-refractivity contribution in [3.8, 4) is 5.75 Å². The van der Waals surface area contributed by atoms with Gasteiger partial charge in [-0.1, -0.05) is 50.7 Å². The number of amidine groups is 1. The lowest BCUT2D eigenvalue weighted by molar-refractivity contribution is -0.168. The van der Waals surface area contributed by atoms with E-state index < -0.39 is 17.1 Å². The molecule has 4 rings (SSSR count). The second kappa shape index (κ2) is 9.53. The Kier molecular flexibility index (Phi) is 6.93. The van der Waals surface area contributed by atoms with Gasteiger partial charge in [-0.05, 0) is 55.1 Å². The first-order valence-electron chi connectivity index (χ1n) is 11.4. The van der Waals surface area contributed by atoms with Crippen molar-refractivity contribution in [3.63, 3.8) is 0 Å². The third-order valence-corrected chi connectivity index (χ3v) is 8.02. The van der Waals surface area contributed by atoms with Crippen molar-refractivity contribution in [1.29, 1.82) is 0 Å². The van der Waals surface area contributed by atoms with Crippen LogP contribution in [0, 0.1) is 0 Å². The number of carbonyl (C=O) groups is 1. The van der Waals surface area contributed by atoms with Crippen LogP contribution in [0.4, 0.5) is 18.0 Å². The lowest BCUT2D eigenvalue weighted by Crippen LogP contribution is -2.65. The van der Waals surface area contributed by atoms with Gasteiger partial charge in [0.1, 0.15) is 5.75 Å². The average molecular weight is 470 g/mol. The van der Waals surface area contributed by atoms with Crippen molar-refractivity contribution < 1.29 is 22.7 Å². The third-order valence-electron chi connectivity index (χ3n) is 6.66. The molecule has 0 radical (unpaired) electrons. The van der Waals surface area contributed by atoms with Crippen molar-refractivity contribution in [2.75, 3.05) is 7.11 Å². The van der Waals surface area contributed by atoms with Gasteiger partial charge in [0.15, 0.2) is 5.17 Å². The molecule has 1 heterocycles. The Morgan fingerprint density at radius 1 is 1.03 bits per heavy atom. The fourth-order valence-electron chi connectivity index (χ4n) is 4.87. The number of benzene rings is 1. The van der Waals surface area contributed by atoms with Gasteiger partial charge in [-0.15, -0.1) is 0 Å². The molecular formula is C23H30F3N3O2S. The van der Waals surface area contributed by atoms with Crippen LogP contribution in [0.15, 0.2) is 29.3 Å². The minimum absolute atomic E-state index is 0.0370. The van der Waals surface area contributed by atoms with Crippen LogP contribution in [0.2, 0.25) is 0 Å². The molecule has 5 nitrogen and oxygen atoms in total. The molecule has 2 amide bonds. The van der Waals surface area contributed by atoms with Gasteiger partial charge in [-0.2, -0.15) is 13.2 Å². The number of aliphatic imine (C=N–C) groups is 1. The van der Waals surface area contributed by atoms with Gasteiger partial charge in [0.05, 0.1) is 13.2 Å².